The second kappa shape index (κ2) is 7.25. The molecule has 1 aromatic carbocycles. The summed E-state index contributed by atoms with van der Waals surface area (Å²) < 4.78 is 7.30. The van der Waals surface area contributed by atoms with Crippen LogP contribution >= 0.6 is 0 Å². The Kier molecular flexibility index (Phi) is 4.44. The summed E-state index contributed by atoms with van der Waals surface area (Å²) in [7, 11) is 0. The average Bonchev–Trinajstić information content (AvgIpc) is 3.20. The maximum atomic E-state index is 5.41. The van der Waals surface area contributed by atoms with Gasteiger partial charge in [0.15, 0.2) is 0 Å². The van der Waals surface area contributed by atoms with Crippen LogP contribution in [0.25, 0.3) is 21.9 Å². The number of fused-ring (bicyclic) bond motifs is 3. The summed E-state index contributed by atoms with van der Waals surface area (Å²) in [6.45, 7) is 7.43. The molecule has 0 bridgehead atoms. The molecule has 1 saturated heterocycles. The molecule has 0 unspecified atom stereocenters. The van der Waals surface area contributed by atoms with Crippen molar-refractivity contribution in [2.45, 2.75) is 19.9 Å². The predicted molar refractivity (Wildman–Crippen MR) is 112 cm³/mol. The number of anilines is 3. The molecule has 148 valence electrons. The molecule has 5 rings (SSSR count). The fraction of sp³-hybridized carbons (Fsp3) is 0.350. The molecule has 1 aliphatic heterocycles. The topological polar surface area (TPSA) is 93.9 Å². The van der Waals surface area contributed by atoms with Gasteiger partial charge in [0.2, 0.25) is 5.95 Å². The summed E-state index contributed by atoms with van der Waals surface area (Å²) in [5.41, 5.74) is 3.65. The van der Waals surface area contributed by atoms with Gasteiger partial charge >= 0.3 is 0 Å². The van der Waals surface area contributed by atoms with Crippen LogP contribution in [0.4, 0.5) is 17.5 Å². The molecule has 4 aromatic rings. The van der Waals surface area contributed by atoms with E-state index in [0.717, 1.165) is 53.9 Å². The van der Waals surface area contributed by atoms with Crippen molar-refractivity contribution in [3.63, 3.8) is 0 Å². The first-order chi connectivity index (χ1) is 14.2. The Hall–Kier alpha value is -3.33. The van der Waals surface area contributed by atoms with E-state index in [0.29, 0.717) is 11.8 Å². The lowest BCUT2D eigenvalue weighted by atomic mass is 10.2. The lowest BCUT2D eigenvalue weighted by Crippen LogP contribution is -2.36. The number of benzene rings is 1. The highest BCUT2D eigenvalue weighted by atomic mass is 16.5. The fourth-order valence-electron chi connectivity index (χ4n) is 3.52. The van der Waals surface area contributed by atoms with Gasteiger partial charge in [0, 0.05) is 30.7 Å². The molecule has 0 amide bonds. The molecule has 1 N–H and O–H groups in total. The standard InChI is InChI=1S/C20H22N8O/c1-13(2)28-19-16(25-26-28)5-3-14-11-22-20(24-18(14)19)23-17-6-4-15(12-21-17)27-7-9-29-10-8-27/h3-6,11-13H,7-10H2,1-2H3,(H,21,22,23,24). The second-order valence-corrected chi connectivity index (χ2v) is 7.32. The molecular formula is C20H22N8O. The van der Waals surface area contributed by atoms with Crippen LogP contribution in [-0.4, -0.2) is 56.2 Å². The van der Waals surface area contributed by atoms with Crippen molar-refractivity contribution in [2.24, 2.45) is 0 Å². The highest BCUT2D eigenvalue weighted by Gasteiger charge is 2.14. The number of rotatable bonds is 4. The number of hydrogen-bond acceptors (Lipinski definition) is 8. The second-order valence-electron chi connectivity index (χ2n) is 7.32. The maximum Gasteiger partial charge on any atom is 0.228 e. The van der Waals surface area contributed by atoms with Gasteiger partial charge in [-0.15, -0.1) is 5.10 Å². The van der Waals surface area contributed by atoms with E-state index < -0.39 is 0 Å². The lowest BCUT2D eigenvalue weighted by Gasteiger charge is -2.28. The van der Waals surface area contributed by atoms with Crippen LogP contribution in [0.2, 0.25) is 0 Å². The average molecular weight is 390 g/mol. The summed E-state index contributed by atoms with van der Waals surface area (Å²) >= 11 is 0. The fourth-order valence-corrected chi connectivity index (χ4v) is 3.52. The largest absolute Gasteiger partial charge is 0.378 e. The molecule has 9 heteroatoms. The SMILES string of the molecule is CC(C)n1nnc2ccc3cnc(Nc4ccc(N5CCOCC5)cn4)nc3c21. The van der Waals surface area contributed by atoms with Crippen molar-refractivity contribution in [1.29, 1.82) is 0 Å². The van der Waals surface area contributed by atoms with Crippen molar-refractivity contribution in [1.82, 2.24) is 29.9 Å². The van der Waals surface area contributed by atoms with E-state index in [1.54, 1.807) is 0 Å². The molecule has 4 heterocycles. The first-order valence-corrected chi connectivity index (χ1v) is 9.75. The van der Waals surface area contributed by atoms with Crippen molar-refractivity contribution in [2.75, 3.05) is 36.5 Å². The van der Waals surface area contributed by atoms with E-state index in [-0.39, 0.29) is 6.04 Å². The van der Waals surface area contributed by atoms with E-state index in [1.165, 1.54) is 0 Å². The van der Waals surface area contributed by atoms with Crippen molar-refractivity contribution in [3.8, 4) is 0 Å². The van der Waals surface area contributed by atoms with E-state index in [9.17, 15) is 0 Å². The highest BCUT2D eigenvalue weighted by molar-refractivity contribution is 6.01. The lowest BCUT2D eigenvalue weighted by molar-refractivity contribution is 0.122. The number of aromatic nitrogens is 6. The van der Waals surface area contributed by atoms with Crippen molar-refractivity contribution >= 4 is 39.4 Å². The Bertz CT molecular complexity index is 1150. The van der Waals surface area contributed by atoms with Crippen LogP contribution < -0.4 is 10.2 Å². The molecule has 0 radical (unpaired) electrons. The molecule has 0 saturated carbocycles. The molecule has 3 aromatic heterocycles. The smallest absolute Gasteiger partial charge is 0.228 e. The normalized spacial score (nSPS) is 14.8. The third-order valence-corrected chi connectivity index (χ3v) is 5.04. The Morgan fingerprint density at radius 3 is 2.66 bits per heavy atom. The maximum absolute atomic E-state index is 5.41. The molecule has 29 heavy (non-hydrogen) atoms. The summed E-state index contributed by atoms with van der Waals surface area (Å²) in [4.78, 5) is 16.0. The zero-order valence-electron chi connectivity index (χ0n) is 16.4. The first-order valence-electron chi connectivity index (χ1n) is 9.75. The van der Waals surface area contributed by atoms with Crippen LogP contribution in [0.3, 0.4) is 0 Å². The number of pyridine rings is 1. The minimum atomic E-state index is 0.186. The van der Waals surface area contributed by atoms with Crippen molar-refractivity contribution in [3.05, 3.63) is 36.7 Å². The van der Waals surface area contributed by atoms with Gasteiger partial charge in [0.05, 0.1) is 25.1 Å². The van der Waals surface area contributed by atoms with Gasteiger partial charge < -0.3 is 15.0 Å². The Labute approximate surface area is 167 Å². The van der Waals surface area contributed by atoms with Crippen LogP contribution in [0.5, 0.6) is 0 Å². The van der Waals surface area contributed by atoms with Gasteiger partial charge in [-0.3, -0.25) is 0 Å². The minimum absolute atomic E-state index is 0.186. The van der Waals surface area contributed by atoms with Gasteiger partial charge in [0.1, 0.15) is 22.4 Å². The summed E-state index contributed by atoms with van der Waals surface area (Å²) in [6.07, 6.45) is 3.68. The monoisotopic (exact) mass is 390 g/mol. The zero-order chi connectivity index (χ0) is 19.8. The summed E-state index contributed by atoms with van der Waals surface area (Å²) in [5.74, 6) is 1.19. The first kappa shape index (κ1) is 17.7. The molecule has 1 aliphatic rings. The van der Waals surface area contributed by atoms with E-state index in [1.807, 2.05) is 35.3 Å². The molecule has 9 nitrogen and oxygen atoms in total. The predicted octanol–water partition coefficient (Wildman–Crippen LogP) is 2.93. The van der Waals surface area contributed by atoms with Crippen molar-refractivity contribution < 1.29 is 4.74 Å². The van der Waals surface area contributed by atoms with Gasteiger partial charge in [-0.1, -0.05) is 5.21 Å². The van der Waals surface area contributed by atoms with Crippen LogP contribution in [-0.2, 0) is 4.74 Å². The Morgan fingerprint density at radius 2 is 1.90 bits per heavy atom. The van der Waals surface area contributed by atoms with Crippen LogP contribution in [0.15, 0.2) is 36.7 Å². The third-order valence-electron chi connectivity index (χ3n) is 5.04. The van der Waals surface area contributed by atoms with Crippen LogP contribution in [0.1, 0.15) is 19.9 Å². The Morgan fingerprint density at radius 1 is 1.03 bits per heavy atom. The highest BCUT2D eigenvalue weighted by Crippen LogP contribution is 2.25. The molecule has 0 aliphatic carbocycles. The van der Waals surface area contributed by atoms with E-state index >= 15 is 0 Å². The number of hydrogen-bond donors (Lipinski definition) is 1. The molecular weight excluding hydrogens is 368 g/mol. The van der Waals surface area contributed by atoms with Gasteiger partial charge in [-0.2, -0.15) is 0 Å². The number of morpholine rings is 1. The summed E-state index contributed by atoms with van der Waals surface area (Å²) in [5, 5.41) is 12.7. The Balaban J connectivity index is 1.46. The molecule has 0 atom stereocenters. The third kappa shape index (κ3) is 3.33. The summed E-state index contributed by atoms with van der Waals surface area (Å²) in [6, 6.07) is 8.10. The quantitative estimate of drug-likeness (QED) is 0.568. The minimum Gasteiger partial charge on any atom is -0.378 e. The molecule has 0 spiro atoms. The van der Waals surface area contributed by atoms with Gasteiger partial charge in [-0.25, -0.2) is 19.6 Å². The number of nitrogens with zero attached hydrogens (tertiary/aromatic N) is 7. The number of nitrogens with one attached hydrogen (secondary N) is 1. The van der Waals surface area contributed by atoms with Crippen LogP contribution in [0, 0.1) is 0 Å². The van der Waals surface area contributed by atoms with E-state index in [4.69, 9.17) is 9.72 Å². The number of ether oxygens (including phenoxy) is 1. The zero-order valence-corrected chi connectivity index (χ0v) is 16.4. The van der Waals surface area contributed by atoms with E-state index in [2.05, 4.69) is 50.4 Å². The van der Waals surface area contributed by atoms with Gasteiger partial charge in [-0.05, 0) is 38.1 Å². The molecule has 1 fully saturated rings. The van der Waals surface area contributed by atoms with Gasteiger partial charge in [0.25, 0.3) is 0 Å².